The Labute approximate surface area is 190 Å². The van der Waals surface area contributed by atoms with E-state index in [0.29, 0.717) is 23.5 Å². The van der Waals surface area contributed by atoms with E-state index in [1.54, 1.807) is 13.0 Å². The number of ether oxygens (including phenoxy) is 1. The fraction of sp³-hybridized carbons (Fsp3) is 0.769. The number of aliphatic hydroxyl groups excluding tert-OH is 2. The maximum Gasteiger partial charge on any atom is 0.306 e. The molecule has 0 aliphatic heterocycles. The highest BCUT2D eigenvalue weighted by atomic mass is 16.6. The van der Waals surface area contributed by atoms with E-state index >= 15 is 0 Å². The second-order valence-electron chi connectivity index (χ2n) is 11.2. The van der Waals surface area contributed by atoms with Gasteiger partial charge in [-0.15, -0.1) is 0 Å². The summed E-state index contributed by atoms with van der Waals surface area (Å²) < 4.78 is 5.79. The van der Waals surface area contributed by atoms with E-state index < -0.39 is 35.8 Å². The SMILES string of the molecule is CCCCCC(=O)OC1C(C)=CC23C(=O)CC(=C(CO)C(O)C12O)C1C(CC3C)C1(C)C. The predicted molar refractivity (Wildman–Crippen MR) is 119 cm³/mol. The molecule has 2 bridgehead atoms. The van der Waals surface area contributed by atoms with Gasteiger partial charge in [0.1, 0.15) is 11.9 Å². The van der Waals surface area contributed by atoms with Gasteiger partial charge in [0.25, 0.3) is 0 Å². The van der Waals surface area contributed by atoms with E-state index in [1.165, 1.54) is 0 Å². The number of allylic oxidation sites excluding steroid dienone is 1. The van der Waals surface area contributed by atoms with Gasteiger partial charge in [-0.05, 0) is 54.1 Å². The molecule has 6 heteroatoms. The largest absolute Gasteiger partial charge is 0.455 e. The van der Waals surface area contributed by atoms with Crippen molar-refractivity contribution in [2.45, 2.75) is 91.0 Å². The lowest BCUT2D eigenvalue weighted by Gasteiger charge is -2.48. The van der Waals surface area contributed by atoms with Crippen molar-refractivity contribution in [3.05, 3.63) is 22.8 Å². The summed E-state index contributed by atoms with van der Waals surface area (Å²) in [6, 6.07) is 0. The molecule has 4 rings (SSSR count). The van der Waals surface area contributed by atoms with Crippen molar-refractivity contribution >= 4 is 11.8 Å². The average molecular weight is 447 g/mol. The Bertz CT molecular complexity index is 885. The highest BCUT2D eigenvalue weighted by Crippen LogP contribution is 2.70. The summed E-state index contributed by atoms with van der Waals surface area (Å²) in [6.45, 7) is 9.67. The molecule has 7 atom stereocenters. The van der Waals surface area contributed by atoms with Crippen LogP contribution in [-0.2, 0) is 14.3 Å². The van der Waals surface area contributed by atoms with Crippen molar-refractivity contribution in [3.63, 3.8) is 0 Å². The molecule has 0 radical (unpaired) electrons. The lowest BCUT2D eigenvalue weighted by molar-refractivity contribution is -0.203. The topological polar surface area (TPSA) is 104 Å². The number of carbonyl (C=O) groups excluding carboxylic acids is 2. The normalized spacial score (nSPS) is 41.9. The van der Waals surface area contributed by atoms with Gasteiger partial charge in [-0.25, -0.2) is 0 Å². The zero-order valence-electron chi connectivity index (χ0n) is 20.0. The summed E-state index contributed by atoms with van der Waals surface area (Å²) in [6.07, 6.45) is 2.77. The van der Waals surface area contributed by atoms with E-state index in [2.05, 4.69) is 20.8 Å². The van der Waals surface area contributed by atoms with Crippen molar-refractivity contribution < 1.29 is 29.6 Å². The van der Waals surface area contributed by atoms with Gasteiger partial charge in [0.2, 0.25) is 0 Å². The molecular weight excluding hydrogens is 408 g/mol. The summed E-state index contributed by atoms with van der Waals surface area (Å²) >= 11 is 0. The molecule has 32 heavy (non-hydrogen) atoms. The zero-order valence-corrected chi connectivity index (χ0v) is 20.0. The van der Waals surface area contributed by atoms with Crippen LogP contribution < -0.4 is 0 Å². The van der Waals surface area contributed by atoms with Crippen molar-refractivity contribution in [1.29, 1.82) is 0 Å². The third-order valence-electron chi connectivity index (χ3n) is 9.12. The highest BCUT2D eigenvalue weighted by molar-refractivity contribution is 5.93. The molecule has 0 aromatic carbocycles. The molecule has 2 saturated carbocycles. The van der Waals surface area contributed by atoms with Gasteiger partial charge in [-0.3, -0.25) is 9.59 Å². The Kier molecular flexibility index (Phi) is 5.75. The third-order valence-corrected chi connectivity index (χ3v) is 9.12. The minimum absolute atomic E-state index is 0.0203. The zero-order chi connectivity index (χ0) is 23.6. The number of carbonyl (C=O) groups is 2. The molecule has 0 heterocycles. The van der Waals surface area contributed by atoms with Crippen LogP contribution in [0.2, 0.25) is 0 Å². The first kappa shape index (κ1) is 23.7. The quantitative estimate of drug-likeness (QED) is 0.329. The second kappa shape index (κ2) is 7.78. The van der Waals surface area contributed by atoms with Crippen molar-refractivity contribution in [2.75, 3.05) is 6.61 Å². The van der Waals surface area contributed by atoms with E-state index in [-0.39, 0.29) is 35.9 Å². The first-order chi connectivity index (χ1) is 15.0. The van der Waals surface area contributed by atoms with Crippen molar-refractivity contribution in [2.24, 2.45) is 28.6 Å². The fourth-order valence-electron chi connectivity index (χ4n) is 7.31. The average Bonchev–Trinajstić information content (AvgIpc) is 3.17. The Morgan fingerprint density at radius 3 is 2.59 bits per heavy atom. The van der Waals surface area contributed by atoms with Crippen LogP contribution in [0.15, 0.2) is 22.8 Å². The standard InChI is InChI=1S/C26H38O6/c1-6-7-8-9-20(29)32-23-14(2)12-25-15(3)10-18-21(24(18,4)5)16(11-19(25)28)17(13-27)22(30)26(23,25)31/h12,15,18,21-23,27,30-31H,6-11,13H2,1-5H3. The Morgan fingerprint density at radius 2 is 1.97 bits per heavy atom. The molecule has 178 valence electrons. The lowest BCUT2D eigenvalue weighted by Crippen LogP contribution is -2.65. The maximum atomic E-state index is 13.9. The number of unbranched alkanes of at least 4 members (excludes halogenated alkanes) is 2. The molecule has 0 amide bonds. The highest BCUT2D eigenvalue weighted by Gasteiger charge is 2.74. The van der Waals surface area contributed by atoms with Gasteiger partial charge in [0, 0.05) is 12.8 Å². The number of aliphatic hydroxyl groups is 3. The summed E-state index contributed by atoms with van der Waals surface area (Å²) in [4.78, 5) is 26.5. The minimum Gasteiger partial charge on any atom is -0.455 e. The monoisotopic (exact) mass is 446 g/mol. The molecule has 0 aromatic rings. The Morgan fingerprint density at radius 1 is 1.28 bits per heavy atom. The number of rotatable bonds is 6. The molecule has 6 nitrogen and oxygen atoms in total. The number of Topliss-reactive ketones (excluding diaryl/α,β-unsaturated/α-hetero) is 1. The van der Waals surface area contributed by atoms with E-state index in [9.17, 15) is 24.9 Å². The summed E-state index contributed by atoms with van der Waals surface area (Å²) in [5.74, 6) is -0.425. The Hall–Kier alpha value is -1.50. The van der Waals surface area contributed by atoms with Gasteiger partial charge in [0.15, 0.2) is 11.7 Å². The van der Waals surface area contributed by atoms with Crippen LogP contribution in [0.3, 0.4) is 0 Å². The van der Waals surface area contributed by atoms with Gasteiger partial charge in [-0.2, -0.15) is 0 Å². The number of hydrogen-bond acceptors (Lipinski definition) is 6. The first-order valence-electron chi connectivity index (χ1n) is 12.1. The lowest BCUT2D eigenvalue weighted by atomic mass is 9.59. The number of ketones is 1. The van der Waals surface area contributed by atoms with Crippen LogP contribution in [0.4, 0.5) is 0 Å². The van der Waals surface area contributed by atoms with E-state index in [4.69, 9.17) is 4.74 Å². The van der Waals surface area contributed by atoms with E-state index in [1.807, 2.05) is 6.92 Å². The van der Waals surface area contributed by atoms with Crippen LogP contribution in [0, 0.1) is 28.6 Å². The third kappa shape index (κ3) is 2.95. The summed E-state index contributed by atoms with van der Waals surface area (Å²) in [5.41, 5.74) is -1.73. The van der Waals surface area contributed by atoms with Gasteiger partial charge in [-0.1, -0.05) is 52.2 Å². The van der Waals surface area contributed by atoms with Gasteiger partial charge < -0.3 is 20.1 Å². The first-order valence-corrected chi connectivity index (χ1v) is 12.1. The van der Waals surface area contributed by atoms with Crippen LogP contribution in [0.1, 0.15) is 73.1 Å². The molecule has 2 fully saturated rings. The minimum atomic E-state index is -2.03. The van der Waals surface area contributed by atoms with Gasteiger partial charge >= 0.3 is 5.97 Å². The predicted octanol–water partition coefficient (Wildman–Crippen LogP) is 3.09. The summed E-state index contributed by atoms with van der Waals surface area (Å²) in [7, 11) is 0. The number of esters is 1. The number of fused-ring (bicyclic) bond motifs is 4. The molecule has 0 aromatic heterocycles. The molecule has 1 spiro atoms. The second-order valence-corrected chi connectivity index (χ2v) is 11.2. The summed E-state index contributed by atoms with van der Waals surface area (Å²) in [5, 5.41) is 34.2. The smallest absolute Gasteiger partial charge is 0.306 e. The molecule has 3 N–H and O–H groups in total. The van der Waals surface area contributed by atoms with Gasteiger partial charge in [0.05, 0.1) is 12.0 Å². The Balaban J connectivity index is 1.82. The van der Waals surface area contributed by atoms with Crippen LogP contribution in [-0.4, -0.2) is 51.5 Å². The molecule has 0 saturated heterocycles. The molecule has 4 aliphatic carbocycles. The maximum absolute atomic E-state index is 13.9. The fourth-order valence-corrected chi connectivity index (χ4v) is 7.31. The van der Waals surface area contributed by atoms with Crippen LogP contribution >= 0.6 is 0 Å². The molecular formula is C26H38O6. The van der Waals surface area contributed by atoms with Crippen molar-refractivity contribution in [3.8, 4) is 0 Å². The van der Waals surface area contributed by atoms with Crippen LogP contribution in [0.25, 0.3) is 0 Å². The van der Waals surface area contributed by atoms with E-state index in [0.717, 1.165) is 24.8 Å². The molecule has 4 aliphatic rings. The molecule has 7 unspecified atom stereocenters. The van der Waals surface area contributed by atoms with Crippen LogP contribution in [0.5, 0.6) is 0 Å². The van der Waals surface area contributed by atoms with Crippen molar-refractivity contribution in [1.82, 2.24) is 0 Å². The number of hydrogen-bond donors (Lipinski definition) is 3.